The summed E-state index contributed by atoms with van der Waals surface area (Å²) in [5.41, 5.74) is 2.32. The molecule has 1 aromatic carbocycles. The van der Waals surface area contributed by atoms with Crippen LogP contribution in [-0.4, -0.2) is 42.5 Å². The summed E-state index contributed by atoms with van der Waals surface area (Å²) in [6.07, 6.45) is 0.782. The number of amides is 2. The number of carbonyl (C=O) groups excluding carboxylic acids is 2. The first-order valence-corrected chi connectivity index (χ1v) is 7.55. The molecular formula is C15H19ClN2O4. The van der Waals surface area contributed by atoms with Crippen LogP contribution in [0.3, 0.4) is 0 Å². The van der Waals surface area contributed by atoms with E-state index in [1.54, 1.807) is 36.1 Å². The normalized spacial score (nSPS) is 15.7. The van der Waals surface area contributed by atoms with Gasteiger partial charge in [0.2, 0.25) is 5.91 Å². The molecule has 0 aromatic heterocycles. The van der Waals surface area contributed by atoms with Crippen LogP contribution in [0, 0.1) is 0 Å². The highest BCUT2D eigenvalue weighted by Crippen LogP contribution is 2.16. The Labute approximate surface area is 134 Å². The number of ether oxygens (including phenoxy) is 1. The van der Waals surface area contributed by atoms with Crippen molar-refractivity contribution in [3.63, 3.8) is 0 Å². The minimum Gasteiger partial charge on any atom is -0.481 e. The zero-order valence-electron chi connectivity index (χ0n) is 12.4. The van der Waals surface area contributed by atoms with Gasteiger partial charge in [0, 0.05) is 24.5 Å². The van der Waals surface area contributed by atoms with E-state index in [4.69, 9.17) is 21.2 Å². The van der Waals surface area contributed by atoms with E-state index in [0.29, 0.717) is 23.7 Å². The van der Waals surface area contributed by atoms with Gasteiger partial charge < -0.3 is 9.64 Å². The largest absolute Gasteiger partial charge is 0.481 e. The monoisotopic (exact) mass is 326 g/mol. The van der Waals surface area contributed by atoms with Gasteiger partial charge in [0.25, 0.3) is 5.91 Å². The summed E-state index contributed by atoms with van der Waals surface area (Å²) in [5, 5.41) is 0.601. The fraction of sp³-hybridized carbons (Fsp3) is 0.467. The van der Waals surface area contributed by atoms with Gasteiger partial charge in [-0.2, -0.15) is 0 Å². The molecular weight excluding hydrogens is 308 g/mol. The Morgan fingerprint density at radius 2 is 2.14 bits per heavy atom. The molecule has 1 aliphatic rings. The second-order valence-electron chi connectivity index (χ2n) is 5.01. The van der Waals surface area contributed by atoms with Crippen molar-refractivity contribution in [2.75, 3.05) is 19.7 Å². The molecule has 2 rings (SSSR count). The van der Waals surface area contributed by atoms with Crippen molar-refractivity contribution in [3.8, 4) is 5.75 Å². The number of likely N-dealkylation sites (tertiary alicyclic amines) is 1. The number of hydrogen-bond acceptors (Lipinski definition) is 4. The first-order chi connectivity index (χ1) is 10.6. The van der Waals surface area contributed by atoms with Crippen LogP contribution >= 0.6 is 11.6 Å². The van der Waals surface area contributed by atoms with E-state index in [9.17, 15) is 9.59 Å². The molecule has 22 heavy (non-hydrogen) atoms. The molecule has 0 aliphatic carbocycles. The topological polar surface area (TPSA) is 67.9 Å². The summed E-state index contributed by atoms with van der Waals surface area (Å²) in [5.74, 6) is 0.298. The lowest BCUT2D eigenvalue weighted by Crippen LogP contribution is -2.38. The van der Waals surface area contributed by atoms with Gasteiger partial charge in [-0.1, -0.05) is 11.6 Å². The van der Waals surface area contributed by atoms with Gasteiger partial charge in [-0.25, -0.2) is 5.48 Å². The average molecular weight is 327 g/mol. The van der Waals surface area contributed by atoms with Crippen molar-refractivity contribution in [3.05, 3.63) is 29.3 Å². The zero-order chi connectivity index (χ0) is 15.9. The number of hydrogen-bond donors (Lipinski definition) is 1. The van der Waals surface area contributed by atoms with Crippen molar-refractivity contribution in [2.45, 2.75) is 25.9 Å². The van der Waals surface area contributed by atoms with Crippen molar-refractivity contribution >= 4 is 23.4 Å². The molecule has 1 unspecified atom stereocenters. The van der Waals surface area contributed by atoms with Crippen molar-refractivity contribution in [2.24, 2.45) is 0 Å². The van der Waals surface area contributed by atoms with Gasteiger partial charge in [0.1, 0.15) is 5.75 Å². The maximum atomic E-state index is 11.8. The highest BCUT2D eigenvalue weighted by molar-refractivity contribution is 6.30. The van der Waals surface area contributed by atoms with Crippen molar-refractivity contribution in [1.29, 1.82) is 0 Å². The predicted octanol–water partition coefficient (Wildman–Crippen LogP) is 1.78. The second-order valence-corrected chi connectivity index (χ2v) is 5.45. The third-order valence-corrected chi connectivity index (χ3v) is 3.56. The number of nitrogens with one attached hydrogen (secondary N) is 1. The van der Waals surface area contributed by atoms with Gasteiger partial charge in [-0.3, -0.25) is 14.4 Å². The van der Waals surface area contributed by atoms with Crippen LogP contribution in [0.5, 0.6) is 5.75 Å². The molecule has 0 saturated carbocycles. The van der Waals surface area contributed by atoms with Crippen LogP contribution in [0.15, 0.2) is 24.3 Å². The summed E-state index contributed by atoms with van der Waals surface area (Å²) in [4.78, 5) is 30.0. The lowest BCUT2D eigenvalue weighted by Gasteiger charge is -2.17. The van der Waals surface area contributed by atoms with Gasteiger partial charge in [0.15, 0.2) is 6.10 Å². The molecule has 120 valence electrons. The predicted molar refractivity (Wildman–Crippen MR) is 81.5 cm³/mol. The molecule has 1 atom stereocenters. The van der Waals surface area contributed by atoms with Crippen molar-refractivity contribution in [1.82, 2.24) is 10.4 Å². The fourth-order valence-electron chi connectivity index (χ4n) is 2.07. The summed E-state index contributed by atoms with van der Waals surface area (Å²) < 4.78 is 5.46. The van der Waals surface area contributed by atoms with E-state index in [1.165, 1.54) is 0 Å². The molecule has 0 radical (unpaired) electrons. The Morgan fingerprint density at radius 1 is 1.41 bits per heavy atom. The minimum absolute atomic E-state index is 0.134. The van der Waals surface area contributed by atoms with E-state index in [0.717, 1.165) is 13.0 Å². The van der Waals surface area contributed by atoms with Gasteiger partial charge >= 0.3 is 0 Å². The Bertz CT molecular complexity index is 521. The van der Waals surface area contributed by atoms with Gasteiger partial charge in [-0.15, -0.1) is 0 Å². The Balaban J connectivity index is 1.65. The maximum Gasteiger partial charge on any atom is 0.284 e. The van der Waals surface area contributed by atoms with Crippen LogP contribution in [0.25, 0.3) is 0 Å². The van der Waals surface area contributed by atoms with Crippen LogP contribution in [0.4, 0.5) is 0 Å². The number of benzene rings is 1. The average Bonchev–Trinajstić information content (AvgIpc) is 2.91. The molecule has 6 nitrogen and oxygen atoms in total. The lowest BCUT2D eigenvalue weighted by atomic mass is 10.3. The Kier molecular flexibility index (Phi) is 6.03. The van der Waals surface area contributed by atoms with Crippen LogP contribution < -0.4 is 10.2 Å². The number of halogens is 1. The van der Waals surface area contributed by atoms with E-state index < -0.39 is 6.10 Å². The van der Waals surface area contributed by atoms with E-state index in [-0.39, 0.29) is 18.4 Å². The first kappa shape index (κ1) is 16.6. The van der Waals surface area contributed by atoms with Crippen molar-refractivity contribution < 1.29 is 19.2 Å². The van der Waals surface area contributed by atoms with Crippen LogP contribution in [0.1, 0.15) is 19.8 Å². The Morgan fingerprint density at radius 3 is 2.77 bits per heavy atom. The molecule has 1 N–H and O–H groups in total. The zero-order valence-corrected chi connectivity index (χ0v) is 13.1. The molecule has 1 aromatic rings. The smallest absolute Gasteiger partial charge is 0.284 e. The second kappa shape index (κ2) is 8.00. The number of nitrogens with zero attached hydrogens (tertiary/aromatic N) is 1. The molecule has 0 spiro atoms. The highest BCUT2D eigenvalue weighted by atomic mass is 35.5. The lowest BCUT2D eigenvalue weighted by molar-refractivity contribution is -0.141. The molecule has 1 fully saturated rings. The molecule has 2 amide bonds. The van der Waals surface area contributed by atoms with Gasteiger partial charge in [-0.05, 0) is 37.6 Å². The standard InChI is InChI=1S/C15H19ClN2O4/c1-11(22-13-6-4-12(16)5-7-13)15(20)17-21-10-9-18-8-2-3-14(18)19/h4-7,11H,2-3,8-10H2,1H3,(H,17,20). The summed E-state index contributed by atoms with van der Waals surface area (Å²) in [6.45, 7) is 3.11. The number of hydroxylamine groups is 1. The summed E-state index contributed by atoms with van der Waals surface area (Å²) in [6, 6.07) is 6.74. The Hall–Kier alpha value is -1.79. The van der Waals surface area contributed by atoms with Gasteiger partial charge in [0.05, 0.1) is 6.61 Å². The third-order valence-electron chi connectivity index (χ3n) is 3.30. The third kappa shape index (κ3) is 4.89. The highest BCUT2D eigenvalue weighted by Gasteiger charge is 2.20. The summed E-state index contributed by atoms with van der Waals surface area (Å²) in [7, 11) is 0. The SMILES string of the molecule is CC(Oc1ccc(Cl)cc1)C(=O)NOCCN1CCCC1=O. The molecule has 1 aliphatic heterocycles. The van der Waals surface area contributed by atoms with E-state index >= 15 is 0 Å². The summed E-state index contributed by atoms with van der Waals surface area (Å²) >= 11 is 5.78. The first-order valence-electron chi connectivity index (χ1n) is 7.18. The maximum absolute atomic E-state index is 11.8. The van der Waals surface area contributed by atoms with E-state index in [2.05, 4.69) is 5.48 Å². The van der Waals surface area contributed by atoms with E-state index in [1.807, 2.05) is 0 Å². The van der Waals surface area contributed by atoms with Crippen LogP contribution in [0.2, 0.25) is 5.02 Å². The minimum atomic E-state index is -0.699. The fourth-order valence-corrected chi connectivity index (χ4v) is 2.20. The molecule has 0 bridgehead atoms. The number of carbonyl (C=O) groups is 2. The molecule has 7 heteroatoms. The quantitative estimate of drug-likeness (QED) is 0.612. The number of rotatable bonds is 7. The molecule has 1 saturated heterocycles. The molecule has 1 heterocycles. The van der Waals surface area contributed by atoms with Crippen LogP contribution in [-0.2, 0) is 14.4 Å².